The van der Waals surface area contributed by atoms with Crippen molar-refractivity contribution in [2.24, 2.45) is 10.2 Å². The number of amidine groups is 2. The standard InChI is InChI=1S/2C5H13N3S.Ni/c2*1-4-6-5(9)7-8(2)3;/h2*4H2,1-3H3,(H2,6,7,9);/p-2. The van der Waals surface area contributed by atoms with E-state index in [4.69, 9.17) is 25.3 Å². The number of hydrogen-bond acceptors (Lipinski definition) is 6. The first-order valence-corrected chi connectivity index (χ1v) is 6.48. The molecule has 0 atom stereocenters. The molecule has 0 amide bonds. The SMILES string of the molecule is CCNC([S-])=NN(C)C.CCNC([S-])=NN(C)C.[Ni]. The molecule has 0 bridgehead atoms. The maximum Gasteiger partial charge on any atom is 0.0244 e. The minimum atomic E-state index is 0. The van der Waals surface area contributed by atoms with Gasteiger partial charge in [-0.05, 0) is 24.2 Å². The van der Waals surface area contributed by atoms with E-state index in [0.29, 0.717) is 10.3 Å². The van der Waals surface area contributed by atoms with Crippen LogP contribution in [0, 0.1) is 0 Å². The molecule has 0 rings (SSSR count). The van der Waals surface area contributed by atoms with Gasteiger partial charge in [0.25, 0.3) is 0 Å². The Morgan fingerprint density at radius 2 is 1.11 bits per heavy atom. The van der Waals surface area contributed by atoms with Gasteiger partial charge in [-0.1, -0.05) is 0 Å². The van der Waals surface area contributed by atoms with Crippen LogP contribution in [-0.4, -0.2) is 61.6 Å². The van der Waals surface area contributed by atoms with Gasteiger partial charge in [0, 0.05) is 57.8 Å². The van der Waals surface area contributed by atoms with Crippen molar-refractivity contribution in [2.45, 2.75) is 13.8 Å². The molecular weight excluding hydrogens is 327 g/mol. The van der Waals surface area contributed by atoms with E-state index in [0.717, 1.165) is 13.1 Å². The van der Waals surface area contributed by atoms with Gasteiger partial charge in [0.15, 0.2) is 0 Å². The third kappa shape index (κ3) is 23.0. The van der Waals surface area contributed by atoms with Crippen LogP contribution in [0.15, 0.2) is 10.2 Å². The fourth-order valence-corrected chi connectivity index (χ4v) is 1.35. The van der Waals surface area contributed by atoms with Crippen molar-refractivity contribution < 1.29 is 16.5 Å². The average molecular weight is 351 g/mol. The molecule has 2 N–H and O–H groups in total. The van der Waals surface area contributed by atoms with Crippen molar-refractivity contribution in [1.29, 1.82) is 0 Å². The summed E-state index contributed by atoms with van der Waals surface area (Å²) in [5.41, 5.74) is 0. The minimum absolute atomic E-state index is 0. The summed E-state index contributed by atoms with van der Waals surface area (Å²) in [5.74, 6) is 0. The van der Waals surface area contributed by atoms with Gasteiger partial charge in [-0.25, -0.2) is 0 Å². The number of hydrogen-bond donors (Lipinski definition) is 2. The zero-order chi connectivity index (χ0) is 14.6. The van der Waals surface area contributed by atoms with E-state index in [1.165, 1.54) is 0 Å². The van der Waals surface area contributed by atoms with Gasteiger partial charge in [-0.15, -0.1) is 0 Å². The van der Waals surface area contributed by atoms with E-state index < -0.39 is 0 Å². The van der Waals surface area contributed by atoms with Crippen molar-refractivity contribution in [3.05, 3.63) is 0 Å². The van der Waals surface area contributed by atoms with E-state index in [1.807, 2.05) is 42.0 Å². The van der Waals surface area contributed by atoms with Gasteiger partial charge in [0.2, 0.25) is 0 Å². The van der Waals surface area contributed by atoms with Crippen LogP contribution in [0.4, 0.5) is 0 Å². The predicted molar refractivity (Wildman–Crippen MR) is 84.3 cm³/mol. The molecule has 0 unspecified atom stereocenters. The first-order chi connectivity index (χ1) is 8.33. The minimum Gasteiger partial charge on any atom is -0.741 e. The van der Waals surface area contributed by atoms with Gasteiger partial charge in [0.05, 0.1) is 0 Å². The van der Waals surface area contributed by atoms with E-state index in [1.54, 1.807) is 10.0 Å². The maximum absolute atomic E-state index is 4.81. The normalized spacial score (nSPS) is 10.6. The molecule has 0 heterocycles. The summed E-state index contributed by atoms with van der Waals surface area (Å²) in [4.78, 5) is 0. The Bertz CT molecular complexity index is 232. The molecule has 0 spiro atoms. The second kappa shape index (κ2) is 15.5. The van der Waals surface area contributed by atoms with Gasteiger partial charge in [-0.2, -0.15) is 10.2 Å². The van der Waals surface area contributed by atoms with E-state index in [9.17, 15) is 0 Å². The monoisotopic (exact) mass is 350 g/mol. The molecule has 9 heteroatoms. The van der Waals surface area contributed by atoms with Crippen LogP contribution in [-0.2, 0) is 41.7 Å². The second-order valence-electron chi connectivity index (χ2n) is 3.57. The zero-order valence-corrected chi connectivity index (χ0v) is 15.0. The molecule has 118 valence electrons. The number of hydrazone groups is 2. The second-order valence-corrected chi connectivity index (χ2v) is 4.34. The molecule has 0 aliphatic rings. The molecule has 0 aromatic rings. The Hall–Kier alpha value is -0.526. The number of nitrogens with zero attached hydrogens (tertiary/aromatic N) is 4. The summed E-state index contributed by atoms with van der Waals surface area (Å²) in [5, 5.41) is 18.1. The molecule has 0 aromatic heterocycles. The summed E-state index contributed by atoms with van der Waals surface area (Å²) >= 11 is 9.62. The van der Waals surface area contributed by atoms with Crippen molar-refractivity contribution in [1.82, 2.24) is 20.7 Å². The van der Waals surface area contributed by atoms with Crippen LogP contribution in [0.25, 0.3) is 0 Å². The summed E-state index contributed by atoms with van der Waals surface area (Å²) in [6.07, 6.45) is 0. The van der Waals surface area contributed by atoms with Crippen LogP contribution in [0.2, 0.25) is 0 Å². The molecule has 0 fully saturated rings. The summed E-state index contributed by atoms with van der Waals surface area (Å²) < 4.78 is 0. The van der Waals surface area contributed by atoms with Crippen LogP contribution in [0.1, 0.15) is 13.8 Å². The van der Waals surface area contributed by atoms with Crippen molar-refractivity contribution in [2.75, 3.05) is 41.3 Å². The molecule has 0 saturated carbocycles. The van der Waals surface area contributed by atoms with Crippen molar-refractivity contribution in [3.8, 4) is 0 Å². The molecular formula is C10H24N6NiS2-2. The van der Waals surface area contributed by atoms with Crippen LogP contribution in [0.5, 0.6) is 0 Å². The van der Waals surface area contributed by atoms with Crippen LogP contribution < -0.4 is 10.6 Å². The van der Waals surface area contributed by atoms with Crippen molar-refractivity contribution >= 4 is 35.6 Å². The van der Waals surface area contributed by atoms with E-state index in [2.05, 4.69) is 20.8 Å². The maximum atomic E-state index is 4.81. The molecule has 19 heavy (non-hydrogen) atoms. The Labute approximate surface area is 138 Å². The summed E-state index contributed by atoms with van der Waals surface area (Å²) in [6.45, 7) is 5.63. The van der Waals surface area contributed by atoms with Gasteiger partial charge < -0.3 is 45.9 Å². The Morgan fingerprint density at radius 3 is 1.26 bits per heavy atom. The van der Waals surface area contributed by atoms with Gasteiger partial charge >= 0.3 is 0 Å². The van der Waals surface area contributed by atoms with Crippen LogP contribution in [0.3, 0.4) is 0 Å². The molecule has 0 aliphatic heterocycles. The fourth-order valence-electron chi connectivity index (χ4n) is 0.736. The van der Waals surface area contributed by atoms with Crippen LogP contribution >= 0.6 is 0 Å². The molecule has 0 aromatic carbocycles. The third-order valence-electron chi connectivity index (χ3n) is 1.24. The average Bonchev–Trinajstić information content (AvgIpc) is 2.16. The largest absolute Gasteiger partial charge is 0.741 e. The Morgan fingerprint density at radius 1 is 0.842 bits per heavy atom. The quantitative estimate of drug-likeness (QED) is 0.244. The molecule has 0 saturated heterocycles. The number of rotatable bonds is 4. The molecule has 0 aliphatic carbocycles. The zero-order valence-electron chi connectivity index (χ0n) is 12.3. The van der Waals surface area contributed by atoms with Gasteiger partial charge in [-0.3, -0.25) is 0 Å². The first kappa shape index (κ1) is 23.6. The van der Waals surface area contributed by atoms with Gasteiger partial charge in [0.1, 0.15) is 0 Å². The number of nitrogens with one attached hydrogen (secondary N) is 2. The summed E-state index contributed by atoms with van der Waals surface area (Å²) in [6, 6.07) is 0. The first-order valence-electron chi connectivity index (χ1n) is 5.67. The molecule has 6 nitrogen and oxygen atoms in total. The predicted octanol–water partition coefficient (Wildman–Crippen LogP) is -0.0517. The fraction of sp³-hybridized carbons (Fsp3) is 0.800. The van der Waals surface area contributed by atoms with E-state index >= 15 is 0 Å². The van der Waals surface area contributed by atoms with E-state index in [-0.39, 0.29) is 16.5 Å². The topological polar surface area (TPSA) is 55.3 Å². The van der Waals surface area contributed by atoms with Crippen molar-refractivity contribution in [3.63, 3.8) is 0 Å². The smallest absolute Gasteiger partial charge is 0.0244 e. The summed E-state index contributed by atoms with van der Waals surface area (Å²) in [7, 11) is 7.35. The Kier molecular flexibility index (Phi) is 19.3. The third-order valence-corrected chi connectivity index (χ3v) is 1.69. The Balaban J connectivity index is -0.000000256. The molecule has 0 radical (unpaired) electrons.